The first-order valence-electron chi connectivity index (χ1n) is 5.89. The predicted octanol–water partition coefficient (Wildman–Crippen LogP) is -2.95. The molecule has 0 aromatic rings. The summed E-state index contributed by atoms with van der Waals surface area (Å²) in [6, 6.07) is 0. The lowest BCUT2D eigenvalue weighted by molar-refractivity contribution is -0.303. The van der Waals surface area contributed by atoms with Crippen LogP contribution in [0.4, 0.5) is 0 Å². The summed E-state index contributed by atoms with van der Waals surface area (Å²) in [6.45, 7) is 1.36. The van der Waals surface area contributed by atoms with Crippen molar-refractivity contribution < 1.29 is 34.7 Å². The van der Waals surface area contributed by atoms with Crippen LogP contribution in [0.1, 0.15) is 0 Å². The molecule has 2 heterocycles. The minimum Gasteiger partial charge on any atom is -0.394 e. The number of hydroxylamine groups is 2. The van der Waals surface area contributed by atoms with Crippen LogP contribution >= 0.6 is 0 Å². The van der Waals surface area contributed by atoms with Crippen molar-refractivity contribution in [1.82, 2.24) is 5.06 Å². The first kappa shape index (κ1) is 14.1. The van der Waals surface area contributed by atoms with Crippen LogP contribution in [-0.4, -0.2) is 89.1 Å². The van der Waals surface area contributed by atoms with E-state index in [0.29, 0.717) is 26.3 Å². The van der Waals surface area contributed by atoms with Crippen LogP contribution in [0.2, 0.25) is 0 Å². The Balaban J connectivity index is 1.87. The van der Waals surface area contributed by atoms with Gasteiger partial charge in [-0.2, -0.15) is 5.06 Å². The molecule has 0 radical (unpaired) electrons. The zero-order valence-corrected chi connectivity index (χ0v) is 9.94. The number of rotatable bonds is 4. The standard InChI is InChI=1S/C10H19NO7/c12-5-7-8(13)9(14)10(15,18-7)6-17-11-1-3-16-4-2-11/h7-9,12-15H,1-6H2/t7-,8+,9-,10+/m0/s1. The molecule has 4 atom stereocenters. The van der Waals surface area contributed by atoms with Crippen LogP contribution in [0.15, 0.2) is 0 Å². The number of morpholine rings is 1. The highest BCUT2D eigenvalue weighted by Gasteiger charge is 2.53. The molecule has 2 aliphatic heterocycles. The molecule has 0 unspecified atom stereocenters. The molecule has 0 bridgehead atoms. The minimum absolute atomic E-state index is 0.318. The maximum Gasteiger partial charge on any atom is 0.221 e. The molecule has 8 heteroatoms. The SMILES string of the molecule is OC[C@@H]1O[C@](O)(CON2CCOCC2)[C@@H](O)[C@@H]1O. The molecule has 2 saturated heterocycles. The lowest BCUT2D eigenvalue weighted by Gasteiger charge is -2.31. The number of hydrogen-bond acceptors (Lipinski definition) is 8. The van der Waals surface area contributed by atoms with Crippen molar-refractivity contribution in [3.8, 4) is 0 Å². The van der Waals surface area contributed by atoms with Gasteiger partial charge in [0.25, 0.3) is 0 Å². The van der Waals surface area contributed by atoms with Gasteiger partial charge in [-0.3, -0.25) is 4.84 Å². The average Bonchev–Trinajstić information content (AvgIpc) is 2.63. The fourth-order valence-electron chi connectivity index (χ4n) is 2.00. The third-order valence-corrected chi connectivity index (χ3v) is 3.13. The Bertz CT molecular complexity index is 273. The van der Waals surface area contributed by atoms with Crippen LogP contribution in [0.25, 0.3) is 0 Å². The van der Waals surface area contributed by atoms with E-state index in [1.807, 2.05) is 0 Å². The minimum atomic E-state index is -2.01. The first-order chi connectivity index (χ1) is 8.57. The zero-order valence-electron chi connectivity index (χ0n) is 9.94. The lowest BCUT2D eigenvalue weighted by atomic mass is 10.1. The molecule has 0 aliphatic carbocycles. The summed E-state index contributed by atoms with van der Waals surface area (Å²) in [6.07, 6.45) is -3.87. The normalized spacial score (nSPS) is 42.3. The van der Waals surface area contributed by atoms with E-state index in [1.165, 1.54) is 0 Å². The van der Waals surface area contributed by atoms with Crippen molar-refractivity contribution in [2.24, 2.45) is 0 Å². The summed E-state index contributed by atoms with van der Waals surface area (Å²) in [5, 5.41) is 39.8. The van der Waals surface area contributed by atoms with Crippen molar-refractivity contribution >= 4 is 0 Å². The monoisotopic (exact) mass is 265 g/mol. The van der Waals surface area contributed by atoms with E-state index in [-0.39, 0.29) is 6.61 Å². The fraction of sp³-hybridized carbons (Fsp3) is 1.00. The number of aliphatic hydroxyl groups excluding tert-OH is 3. The Morgan fingerprint density at radius 2 is 1.94 bits per heavy atom. The first-order valence-corrected chi connectivity index (χ1v) is 5.89. The highest BCUT2D eigenvalue weighted by molar-refractivity contribution is 4.95. The second-order valence-electron chi connectivity index (χ2n) is 4.43. The molecule has 2 fully saturated rings. The van der Waals surface area contributed by atoms with Gasteiger partial charge < -0.3 is 29.9 Å². The third kappa shape index (κ3) is 2.81. The van der Waals surface area contributed by atoms with Crippen LogP contribution in [0.3, 0.4) is 0 Å². The van der Waals surface area contributed by atoms with Gasteiger partial charge in [-0.1, -0.05) is 0 Å². The van der Waals surface area contributed by atoms with E-state index < -0.39 is 30.7 Å². The van der Waals surface area contributed by atoms with E-state index in [9.17, 15) is 15.3 Å². The van der Waals surface area contributed by atoms with Crippen molar-refractivity contribution in [2.75, 3.05) is 39.5 Å². The van der Waals surface area contributed by atoms with Gasteiger partial charge in [-0.05, 0) is 0 Å². The number of nitrogens with zero attached hydrogens (tertiary/aromatic N) is 1. The summed E-state index contributed by atoms with van der Waals surface area (Å²) >= 11 is 0. The van der Waals surface area contributed by atoms with Gasteiger partial charge in [0, 0.05) is 13.1 Å². The molecule has 0 saturated carbocycles. The Morgan fingerprint density at radius 1 is 1.28 bits per heavy atom. The third-order valence-electron chi connectivity index (χ3n) is 3.13. The zero-order chi connectivity index (χ0) is 13.2. The topological polar surface area (TPSA) is 112 Å². The summed E-state index contributed by atoms with van der Waals surface area (Å²) in [5.74, 6) is -2.01. The molecule has 0 spiro atoms. The second-order valence-corrected chi connectivity index (χ2v) is 4.43. The number of ether oxygens (including phenoxy) is 2. The molecular weight excluding hydrogens is 246 g/mol. The highest BCUT2D eigenvalue weighted by atomic mass is 16.7. The second kappa shape index (κ2) is 5.76. The molecule has 0 amide bonds. The van der Waals surface area contributed by atoms with Crippen LogP contribution in [-0.2, 0) is 14.3 Å². The van der Waals surface area contributed by atoms with E-state index in [1.54, 1.807) is 5.06 Å². The van der Waals surface area contributed by atoms with E-state index in [4.69, 9.17) is 19.4 Å². The van der Waals surface area contributed by atoms with E-state index in [0.717, 1.165) is 0 Å². The Hall–Kier alpha value is -0.320. The number of aliphatic hydroxyl groups is 4. The summed E-state index contributed by atoms with van der Waals surface area (Å²) < 4.78 is 10.2. The number of hydrogen-bond donors (Lipinski definition) is 4. The molecule has 8 nitrogen and oxygen atoms in total. The predicted molar refractivity (Wildman–Crippen MR) is 57.3 cm³/mol. The molecule has 0 aromatic heterocycles. The van der Waals surface area contributed by atoms with E-state index in [2.05, 4.69) is 0 Å². The summed E-state index contributed by atoms with van der Waals surface area (Å²) in [7, 11) is 0. The Kier molecular flexibility index (Phi) is 4.51. The van der Waals surface area contributed by atoms with E-state index >= 15 is 0 Å². The molecule has 0 aromatic carbocycles. The van der Waals surface area contributed by atoms with Crippen molar-refractivity contribution in [1.29, 1.82) is 0 Å². The van der Waals surface area contributed by atoms with Crippen molar-refractivity contribution in [3.05, 3.63) is 0 Å². The molecule has 2 aliphatic rings. The van der Waals surface area contributed by atoms with Crippen LogP contribution < -0.4 is 0 Å². The molecule has 2 rings (SSSR count). The summed E-state index contributed by atoms with van der Waals surface area (Å²) in [4.78, 5) is 5.31. The van der Waals surface area contributed by atoms with Crippen molar-refractivity contribution in [3.63, 3.8) is 0 Å². The highest BCUT2D eigenvalue weighted by Crippen LogP contribution is 2.29. The molecular formula is C10H19NO7. The van der Waals surface area contributed by atoms with Crippen molar-refractivity contribution in [2.45, 2.75) is 24.1 Å². The van der Waals surface area contributed by atoms with Gasteiger partial charge in [0.2, 0.25) is 5.79 Å². The Morgan fingerprint density at radius 3 is 2.50 bits per heavy atom. The van der Waals surface area contributed by atoms with Gasteiger partial charge in [-0.25, -0.2) is 0 Å². The molecule has 106 valence electrons. The van der Waals surface area contributed by atoms with Gasteiger partial charge >= 0.3 is 0 Å². The maximum atomic E-state index is 10.0. The summed E-state index contributed by atoms with van der Waals surface area (Å²) in [5.41, 5.74) is 0. The van der Waals surface area contributed by atoms with Gasteiger partial charge in [0.1, 0.15) is 24.9 Å². The van der Waals surface area contributed by atoms with Gasteiger partial charge in [0.15, 0.2) is 0 Å². The fourth-order valence-corrected chi connectivity index (χ4v) is 2.00. The quantitative estimate of drug-likeness (QED) is 0.427. The lowest BCUT2D eigenvalue weighted by Crippen LogP contribution is -2.49. The van der Waals surface area contributed by atoms with Gasteiger partial charge in [0.05, 0.1) is 19.8 Å². The van der Waals surface area contributed by atoms with Crippen LogP contribution in [0.5, 0.6) is 0 Å². The average molecular weight is 265 g/mol. The molecule has 18 heavy (non-hydrogen) atoms. The smallest absolute Gasteiger partial charge is 0.221 e. The molecule has 4 N–H and O–H groups in total. The maximum absolute atomic E-state index is 10.0. The van der Waals surface area contributed by atoms with Gasteiger partial charge in [-0.15, -0.1) is 0 Å². The largest absolute Gasteiger partial charge is 0.394 e. The Labute approximate surface area is 104 Å². The van der Waals surface area contributed by atoms with Crippen LogP contribution in [0, 0.1) is 0 Å².